The Bertz CT molecular complexity index is 1180. The first-order valence-corrected chi connectivity index (χ1v) is 10.3. The zero-order valence-electron chi connectivity index (χ0n) is 14.7. The van der Waals surface area contributed by atoms with Crippen LogP contribution in [0.3, 0.4) is 0 Å². The van der Waals surface area contributed by atoms with Crippen molar-refractivity contribution >= 4 is 44.4 Å². The van der Waals surface area contributed by atoms with E-state index in [0.717, 1.165) is 4.47 Å². The van der Waals surface area contributed by atoms with Crippen LogP contribution in [0.15, 0.2) is 85.8 Å². The first-order valence-electron chi connectivity index (χ1n) is 8.55. The van der Waals surface area contributed by atoms with E-state index in [9.17, 15) is 9.59 Å². The number of aromatic nitrogens is 2. The second-order valence-electron chi connectivity index (χ2n) is 6.10. The van der Waals surface area contributed by atoms with Crippen LogP contribution in [0.1, 0.15) is 16.1 Å². The number of carbonyl (C=O) groups excluding carboxylic acids is 1. The Morgan fingerprint density at radius 2 is 1.86 bits per heavy atom. The molecule has 4 aromatic rings. The van der Waals surface area contributed by atoms with Crippen LogP contribution in [-0.2, 0) is 6.54 Å². The van der Waals surface area contributed by atoms with Gasteiger partial charge >= 0.3 is 0 Å². The lowest BCUT2D eigenvalue weighted by Gasteiger charge is -2.12. The number of benzene rings is 2. The van der Waals surface area contributed by atoms with Gasteiger partial charge in [-0.05, 0) is 36.4 Å². The zero-order valence-corrected chi connectivity index (χ0v) is 17.1. The van der Waals surface area contributed by atoms with Gasteiger partial charge in [0.25, 0.3) is 5.56 Å². The van der Waals surface area contributed by atoms with Gasteiger partial charge in [0, 0.05) is 10.0 Å². The Kier molecular flexibility index (Phi) is 5.45. The zero-order chi connectivity index (χ0) is 19.5. The Balaban J connectivity index is 1.67. The van der Waals surface area contributed by atoms with Gasteiger partial charge in [0.05, 0.1) is 29.5 Å². The lowest BCUT2D eigenvalue weighted by molar-refractivity contribution is 0.102. The molecule has 0 aliphatic heterocycles. The van der Waals surface area contributed by atoms with E-state index in [1.165, 1.54) is 11.8 Å². The number of hydrogen-bond donors (Lipinski definition) is 0. The summed E-state index contributed by atoms with van der Waals surface area (Å²) in [7, 11) is 0. The molecule has 0 atom stereocenters. The molecule has 0 radical (unpaired) electrons. The molecule has 28 heavy (non-hydrogen) atoms. The Labute approximate surface area is 173 Å². The van der Waals surface area contributed by atoms with E-state index in [0.29, 0.717) is 27.4 Å². The average Bonchev–Trinajstić information content (AvgIpc) is 3.22. The first-order chi connectivity index (χ1) is 13.6. The highest BCUT2D eigenvalue weighted by Crippen LogP contribution is 2.21. The topological polar surface area (TPSA) is 65.1 Å². The molecule has 0 saturated heterocycles. The number of carbonyl (C=O) groups is 1. The molecule has 0 unspecified atom stereocenters. The molecule has 2 aromatic carbocycles. The molecule has 2 aromatic heterocycles. The summed E-state index contributed by atoms with van der Waals surface area (Å²) in [4.78, 5) is 30.2. The van der Waals surface area contributed by atoms with E-state index in [1.807, 2.05) is 30.3 Å². The maximum absolute atomic E-state index is 13.0. The normalized spacial score (nSPS) is 11.0. The van der Waals surface area contributed by atoms with Crippen molar-refractivity contribution in [1.82, 2.24) is 9.55 Å². The fourth-order valence-electron chi connectivity index (χ4n) is 2.80. The number of furan rings is 1. The van der Waals surface area contributed by atoms with Gasteiger partial charge < -0.3 is 4.42 Å². The number of fused-ring (bicyclic) bond motifs is 1. The minimum absolute atomic E-state index is 0.0237. The van der Waals surface area contributed by atoms with Crippen molar-refractivity contribution in [2.24, 2.45) is 0 Å². The quantitative estimate of drug-likeness (QED) is 0.238. The Hall–Kier alpha value is -2.64. The second kappa shape index (κ2) is 8.16. The Morgan fingerprint density at radius 1 is 1.07 bits per heavy atom. The summed E-state index contributed by atoms with van der Waals surface area (Å²) in [6, 6.07) is 18.0. The highest BCUT2D eigenvalue weighted by Gasteiger charge is 2.15. The van der Waals surface area contributed by atoms with Gasteiger partial charge in [0.2, 0.25) is 0 Å². The van der Waals surface area contributed by atoms with Gasteiger partial charge in [-0.1, -0.05) is 52.0 Å². The highest BCUT2D eigenvalue weighted by atomic mass is 79.9. The third-order valence-electron chi connectivity index (χ3n) is 4.22. The van der Waals surface area contributed by atoms with Crippen LogP contribution >= 0.6 is 27.7 Å². The van der Waals surface area contributed by atoms with Gasteiger partial charge in [-0.15, -0.1) is 0 Å². The molecule has 0 aliphatic carbocycles. The summed E-state index contributed by atoms with van der Waals surface area (Å²) in [6.45, 7) is 0.262. The van der Waals surface area contributed by atoms with E-state index in [-0.39, 0.29) is 23.6 Å². The number of Topliss-reactive ketones (excluding diaryl/α,β-unsaturated/α-hetero) is 1. The maximum atomic E-state index is 13.0. The number of halogens is 1. The van der Waals surface area contributed by atoms with Crippen molar-refractivity contribution in [3.63, 3.8) is 0 Å². The summed E-state index contributed by atoms with van der Waals surface area (Å²) in [5, 5.41) is 1.03. The molecule has 0 saturated carbocycles. The van der Waals surface area contributed by atoms with E-state index in [1.54, 1.807) is 41.2 Å². The lowest BCUT2D eigenvalue weighted by atomic mass is 10.2. The van der Waals surface area contributed by atoms with Crippen LogP contribution in [0.25, 0.3) is 10.9 Å². The van der Waals surface area contributed by atoms with Crippen molar-refractivity contribution in [3.8, 4) is 0 Å². The van der Waals surface area contributed by atoms with Crippen molar-refractivity contribution < 1.29 is 9.21 Å². The van der Waals surface area contributed by atoms with Crippen molar-refractivity contribution in [2.75, 3.05) is 5.75 Å². The van der Waals surface area contributed by atoms with E-state index in [4.69, 9.17) is 4.42 Å². The van der Waals surface area contributed by atoms with Crippen LogP contribution in [0, 0.1) is 0 Å². The molecule has 0 fully saturated rings. The van der Waals surface area contributed by atoms with Gasteiger partial charge in [-0.2, -0.15) is 0 Å². The molecule has 0 amide bonds. The standard InChI is InChI=1S/C21H15BrN2O3S/c22-15-9-7-14(8-10-15)19(25)13-28-21-23-18-6-2-1-5-17(18)20(26)24(21)12-16-4-3-11-27-16/h1-11H,12-13H2. The van der Waals surface area contributed by atoms with Crippen molar-refractivity contribution in [3.05, 3.63) is 93.1 Å². The second-order valence-corrected chi connectivity index (χ2v) is 7.96. The van der Waals surface area contributed by atoms with Gasteiger partial charge in [0.1, 0.15) is 5.76 Å². The molecule has 5 nitrogen and oxygen atoms in total. The summed E-state index contributed by atoms with van der Waals surface area (Å²) in [5.74, 6) is 0.814. The lowest BCUT2D eigenvalue weighted by Crippen LogP contribution is -2.24. The fraction of sp³-hybridized carbons (Fsp3) is 0.0952. The van der Waals surface area contributed by atoms with Crippen molar-refractivity contribution in [1.29, 1.82) is 0 Å². The maximum Gasteiger partial charge on any atom is 0.262 e. The summed E-state index contributed by atoms with van der Waals surface area (Å²) in [5.41, 5.74) is 1.08. The van der Waals surface area contributed by atoms with Crippen LogP contribution < -0.4 is 5.56 Å². The molecule has 4 rings (SSSR count). The number of hydrogen-bond acceptors (Lipinski definition) is 5. The third-order valence-corrected chi connectivity index (χ3v) is 5.72. The largest absolute Gasteiger partial charge is 0.467 e. The van der Waals surface area contributed by atoms with Crippen LogP contribution in [0.4, 0.5) is 0 Å². The van der Waals surface area contributed by atoms with Crippen LogP contribution in [0.2, 0.25) is 0 Å². The number of para-hydroxylation sites is 1. The first kappa shape index (κ1) is 18.7. The number of nitrogens with zero attached hydrogens (tertiary/aromatic N) is 2. The minimum atomic E-state index is -0.152. The van der Waals surface area contributed by atoms with E-state index >= 15 is 0 Å². The van der Waals surface area contributed by atoms with Crippen LogP contribution in [-0.4, -0.2) is 21.1 Å². The van der Waals surface area contributed by atoms with Gasteiger partial charge in [-0.3, -0.25) is 14.2 Å². The minimum Gasteiger partial charge on any atom is -0.467 e. The van der Waals surface area contributed by atoms with Gasteiger partial charge in [-0.25, -0.2) is 4.98 Å². The molecule has 7 heteroatoms. The van der Waals surface area contributed by atoms with Crippen molar-refractivity contribution in [2.45, 2.75) is 11.7 Å². The summed E-state index contributed by atoms with van der Waals surface area (Å²) in [6.07, 6.45) is 1.57. The molecule has 0 bridgehead atoms. The number of rotatable bonds is 6. The average molecular weight is 455 g/mol. The number of ketones is 1. The van der Waals surface area contributed by atoms with E-state index < -0.39 is 0 Å². The van der Waals surface area contributed by atoms with E-state index in [2.05, 4.69) is 20.9 Å². The monoisotopic (exact) mass is 454 g/mol. The Morgan fingerprint density at radius 3 is 2.61 bits per heavy atom. The van der Waals surface area contributed by atoms with Crippen LogP contribution in [0.5, 0.6) is 0 Å². The number of thioether (sulfide) groups is 1. The molecular formula is C21H15BrN2O3S. The van der Waals surface area contributed by atoms with Gasteiger partial charge in [0.15, 0.2) is 10.9 Å². The predicted octanol–water partition coefficient (Wildman–Crippen LogP) is 4.78. The summed E-state index contributed by atoms with van der Waals surface area (Å²) < 4.78 is 7.87. The predicted molar refractivity (Wildman–Crippen MR) is 113 cm³/mol. The smallest absolute Gasteiger partial charge is 0.262 e. The molecular weight excluding hydrogens is 440 g/mol. The molecule has 0 N–H and O–H groups in total. The molecule has 0 aliphatic rings. The fourth-order valence-corrected chi connectivity index (χ4v) is 3.96. The SMILES string of the molecule is O=C(CSc1nc2ccccc2c(=O)n1Cc1ccco1)c1ccc(Br)cc1. The highest BCUT2D eigenvalue weighted by molar-refractivity contribution is 9.10. The third kappa shape index (κ3) is 3.95. The molecule has 140 valence electrons. The molecule has 2 heterocycles. The summed E-state index contributed by atoms with van der Waals surface area (Å²) >= 11 is 4.62. The molecule has 0 spiro atoms.